The average molecular weight is 413 g/mol. The Morgan fingerprint density at radius 2 is 1.96 bits per heavy atom. The van der Waals surface area contributed by atoms with Gasteiger partial charge < -0.3 is 9.84 Å². The summed E-state index contributed by atoms with van der Waals surface area (Å²) in [5.74, 6) is -0.891. The molecule has 2 bridgehead atoms. The van der Waals surface area contributed by atoms with Crippen molar-refractivity contribution in [2.45, 2.75) is 40.0 Å². The van der Waals surface area contributed by atoms with Crippen molar-refractivity contribution in [1.29, 1.82) is 0 Å². The maximum atomic E-state index is 12.1. The molecular weight excluding hydrogens is 391 g/mol. The number of halogens is 2. The van der Waals surface area contributed by atoms with Crippen molar-refractivity contribution in [3.8, 4) is 5.75 Å². The molecule has 6 nitrogen and oxygen atoms in total. The highest BCUT2D eigenvalue weighted by Gasteiger charge is 2.71. The lowest BCUT2D eigenvalue weighted by Crippen LogP contribution is -2.40. The lowest BCUT2D eigenvalue weighted by atomic mass is 9.65. The van der Waals surface area contributed by atoms with Crippen molar-refractivity contribution < 1.29 is 19.4 Å². The molecule has 3 rings (SSSR count). The maximum Gasteiger partial charge on any atom is 0.310 e. The largest absolute Gasteiger partial charge is 0.482 e. The minimum absolute atomic E-state index is 0.262. The fourth-order valence-electron chi connectivity index (χ4n) is 4.42. The minimum atomic E-state index is -0.835. The van der Waals surface area contributed by atoms with Crippen LogP contribution in [-0.4, -0.2) is 29.3 Å². The quantitative estimate of drug-likeness (QED) is 0.710. The number of fused-ring (bicyclic) bond motifs is 2. The number of amides is 1. The molecule has 1 aromatic rings. The molecule has 8 heteroatoms. The van der Waals surface area contributed by atoms with Gasteiger partial charge in [0.05, 0.1) is 10.4 Å². The van der Waals surface area contributed by atoms with Crippen LogP contribution in [0.25, 0.3) is 0 Å². The molecule has 27 heavy (non-hydrogen) atoms. The second-order valence-electron chi connectivity index (χ2n) is 7.98. The van der Waals surface area contributed by atoms with Gasteiger partial charge in [-0.25, -0.2) is 5.43 Å². The van der Waals surface area contributed by atoms with E-state index in [9.17, 15) is 14.7 Å². The Labute approximate surface area is 167 Å². The highest BCUT2D eigenvalue weighted by atomic mass is 35.5. The molecule has 2 saturated carbocycles. The van der Waals surface area contributed by atoms with E-state index in [4.69, 9.17) is 27.9 Å². The zero-order chi connectivity index (χ0) is 20.0. The van der Waals surface area contributed by atoms with E-state index in [2.05, 4.69) is 10.5 Å². The summed E-state index contributed by atoms with van der Waals surface area (Å²) in [6, 6.07) is 4.73. The summed E-state index contributed by atoms with van der Waals surface area (Å²) < 4.78 is 5.39. The molecule has 0 saturated heterocycles. The van der Waals surface area contributed by atoms with Gasteiger partial charge in [-0.2, -0.15) is 5.10 Å². The van der Waals surface area contributed by atoms with E-state index < -0.39 is 22.7 Å². The van der Waals surface area contributed by atoms with Gasteiger partial charge in [-0.1, -0.05) is 44.0 Å². The first-order chi connectivity index (χ1) is 12.5. The Morgan fingerprint density at radius 3 is 2.56 bits per heavy atom. The zero-order valence-corrected chi connectivity index (χ0v) is 16.9. The topological polar surface area (TPSA) is 88.0 Å². The average Bonchev–Trinajstić information content (AvgIpc) is 2.89. The molecule has 0 heterocycles. The summed E-state index contributed by atoms with van der Waals surface area (Å²) in [4.78, 5) is 24.1. The molecule has 0 radical (unpaired) electrons. The highest BCUT2D eigenvalue weighted by Crippen LogP contribution is 2.70. The molecule has 0 aliphatic heterocycles. The summed E-state index contributed by atoms with van der Waals surface area (Å²) in [5.41, 5.74) is 1.57. The fourth-order valence-corrected chi connectivity index (χ4v) is 4.89. The van der Waals surface area contributed by atoms with E-state index >= 15 is 0 Å². The summed E-state index contributed by atoms with van der Waals surface area (Å²) in [6.07, 6.45) is 1.70. The maximum absolute atomic E-state index is 12.1. The number of carbonyl (C=O) groups is 2. The van der Waals surface area contributed by atoms with Gasteiger partial charge in [0.25, 0.3) is 5.91 Å². The van der Waals surface area contributed by atoms with Crippen molar-refractivity contribution in [2.24, 2.45) is 21.3 Å². The van der Waals surface area contributed by atoms with E-state index in [-0.39, 0.29) is 12.0 Å². The van der Waals surface area contributed by atoms with Gasteiger partial charge in [0.2, 0.25) is 0 Å². The van der Waals surface area contributed by atoms with Gasteiger partial charge in [0.15, 0.2) is 6.61 Å². The van der Waals surface area contributed by atoms with Crippen molar-refractivity contribution in [3.05, 3.63) is 28.2 Å². The summed E-state index contributed by atoms with van der Waals surface area (Å²) >= 11 is 11.8. The Hall–Kier alpha value is -1.79. The van der Waals surface area contributed by atoms with Crippen LogP contribution in [0, 0.1) is 16.2 Å². The SMILES string of the molecule is CC12CCC(C(=O)O)(C/C1=N/NC(=O)COc1ccc(Cl)cc1Cl)C2(C)C. The van der Waals surface area contributed by atoms with Crippen LogP contribution in [0.15, 0.2) is 23.3 Å². The number of rotatable bonds is 5. The van der Waals surface area contributed by atoms with Gasteiger partial charge in [-0.15, -0.1) is 0 Å². The Balaban J connectivity index is 1.68. The highest BCUT2D eigenvalue weighted by molar-refractivity contribution is 6.35. The molecule has 2 fully saturated rings. The molecule has 2 atom stereocenters. The van der Waals surface area contributed by atoms with Crippen LogP contribution in [-0.2, 0) is 9.59 Å². The van der Waals surface area contributed by atoms with Crippen molar-refractivity contribution in [3.63, 3.8) is 0 Å². The third-order valence-corrected chi connectivity index (χ3v) is 7.24. The monoisotopic (exact) mass is 412 g/mol. The van der Waals surface area contributed by atoms with E-state index in [1.54, 1.807) is 12.1 Å². The molecule has 2 N–H and O–H groups in total. The number of nitrogens with zero attached hydrogens (tertiary/aromatic N) is 1. The lowest BCUT2D eigenvalue weighted by Gasteiger charge is -2.37. The van der Waals surface area contributed by atoms with Gasteiger partial charge in [0, 0.05) is 22.6 Å². The number of ether oxygens (including phenoxy) is 1. The second kappa shape index (κ2) is 6.67. The number of carboxylic acid groups (broad SMARTS) is 1. The van der Waals surface area contributed by atoms with Crippen molar-refractivity contribution in [1.82, 2.24) is 5.43 Å². The number of nitrogens with one attached hydrogen (secondary N) is 1. The van der Waals surface area contributed by atoms with Crippen LogP contribution in [0.1, 0.15) is 40.0 Å². The molecule has 1 amide bonds. The Morgan fingerprint density at radius 1 is 1.26 bits per heavy atom. The van der Waals surface area contributed by atoms with E-state index in [1.165, 1.54) is 6.07 Å². The van der Waals surface area contributed by atoms with Gasteiger partial charge in [-0.05, 0) is 36.5 Å². The van der Waals surface area contributed by atoms with Crippen LogP contribution < -0.4 is 10.2 Å². The van der Waals surface area contributed by atoms with Crippen LogP contribution in [0.3, 0.4) is 0 Å². The van der Waals surface area contributed by atoms with Gasteiger partial charge >= 0.3 is 5.97 Å². The van der Waals surface area contributed by atoms with E-state index in [0.717, 1.165) is 12.1 Å². The van der Waals surface area contributed by atoms with Crippen LogP contribution in [0.4, 0.5) is 0 Å². The Kier molecular flexibility index (Phi) is 4.93. The number of benzene rings is 1. The molecule has 1 aromatic carbocycles. The minimum Gasteiger partial charge on any atom is -0.482 e. The summed E-state index contributed by atoms with van der Waals surface area (Å²) in [6.45, 7) is 5.72. The van der Waals surface area contributed by atoms with Crippen LogP contribution in [0.5, 0.6) is 5.75 Å². The van der Waals surface area contributed by atoms with Crippen molar-refractivity contribution in [2.75, 3.05) is 6.61 Å². The third-order valence-electron chi connectivity index (χ3n) is 6.71. The molecule has 0 spiro atoms. The van der Waals surface area contributed by atoms with Gasteiger partial charge in [-0.3, -0.25) is 9.59 Å². The smallest absolute Gasteiger partial charge is 0.310 e. The van der Waals surface area contributed by atoms with E-state index in [0.29, 0.717) is 28.6 Å². The van der Waals surface area contributed by atoms with Crippen molar-refractivity contribution >= 4 is 40.8 Å². The predicted molar refractivity (Wildman–Crippen MR) is 103 cm³/mol. The molecule has 2 aliphatic carbocycles. The predicted octanol–water partition coefficient (Wildman–Crippen LogP) is 4.15. The number of hydrogen-bond acceptors (Lipinski definition) is 4. The summed E-state index contributed by atoms with van der Waals surface area (Å²) in [7, 11) is 0. The molecule has 2 unspecified atom stereocenters. The van der Waals surface area contributed by atoms with Gasteiger partial charge in [0.1, 0.15) is 5.75 Å². The van der Waals surface area contributed by atoms with E-state index in [1.807, 2.05) is 20.8 Å². The molecule has 0 aromatic heterocycles. The molecule has 146 valence electrons. The molecular formula is C19H22Cl2N2O4. The number of carboxylic acids is 1. The second-order valence-corrected chi connectivity index (χ2v) is 8.82. The number of hydrazone groups is 1. The first kappa shape index (κ1) is 20.0. The normalized spacial score (nSPS) is 29.7. The number of carbonyl (C=O) groups excluding carboxylic acids is 1. The Bertz CT molecular complexity index is 839. The van der Waals surface area contributed by atoms with Crippen LogP contribution in [0.2, 0.25) is 10.0 Å². The molecule has 2 aliphatic rings. The number of aliphatic carboxylic acids is 1. The standard InChI is InChI=1S/C19H22Cl2N2O4/c1-17(2)18(3)6-7-19(17,16(25)26)9-14(18)22-23-15(24)10-27-13-5-4-11(20)8-12(13)21/h4-5,8H,6-7,9-10H2,1-3H3,(H,23,24)(H,25,26)/b22-14-. The number of hydrogen-bond donors (Lipinski definition) is 2. The first-order valence-electron chi connectivity index (χ1n) is 8.71. The first-order valence-corrected chi connectivity index (χ1v) is 9.46. The lowest BCUT2D eigenvalue weighted by molar-refractivity contribution is -0.154. The summed E-state index contributed by atoms with van der Waals surface area (Å²) in [5, 5.41) is 14.9. The van der Waals surface area contributed by atoms with Crippen LogP contribution >= 0.6 is 23.2 Å². The third kappa shape index (κ3) is 2.99. The fraction of sp³-hybridized carbons (Fsp3) is 0.526. The zero-order valence-electron chi connectivity index (χ0n) is 15.4.